The number of benzene rings is 1. The number of nitrogens with zero attached hydrogens (tertiary/aromatic N) is 1. The van der Waals surface area contributed by atoms with Gasteiger partial charge in [0.05, 0.1) is 5.69 Å². The zero-order chi connectivity index (χ0) is 13.4. The van der Waals surface area contributed by atoms with Crippen LogP contribution < -0.4 is 4.90 Å². The SMILES string of the molecule is N=C1CCN(c2cc(F)c(SC3CC3)cc2F)CC1. The van der Waals surface area contributed by atoms with Gasteiger partial charge in [-0.3, -0.25) is 0 Å². The molecule has 102 valence electrons. The summed E-state index contributed by atoms with van der Waals surface area (Å²) in [5.74, 6) is -0.674. The molecule has 2 fully saturated rings. The Morgan fingerprint density at radius 1 is 1.11 bits per heavy atom. The second kappa shape index (κ2) is 5.12. The Morgan fingerprint density at radius 3 is 2.42 bits per heavy atom. The van der Waals surface area contributed by atoms with Crippen LogP contribution in [-0.2, 0) is 0 Å². The Kier molecular flexibility index (Phi) is 3.48. The highest BCUT2D eigenvalue weighted by Gasteiger charge is 2.26. The molecular formula is C14H16F2N2S. The lowest BCUT2D eigenvalue weighted by molar-refractivity contribution is 0.570. The molecular weight excluding hydrogens is 266 g/mol. The maximum absolute atomic E-state index is 14.1. The summed E-state index contributed by atoms with van der Waals surface area (Å²) in [6.45, 7) is 1.20. The quantitative estimate of drug-likeness (QED) is 0.912. The van der Waals surface area contributed by atoms with Gasteiger partial charge in [0.1, 0.15) is 11.6 Å². The third kappa shape index (κ3) is 2.91. The predicted molar refractivity (Wildman–Crippen MR) is 74.4 cm³/mol. The molecule has 1 aromatic rings. The number of nitrogens with one attached hydrogen (secondary N) is 1. The normalized spacial score (nSPS) is 19.9. The molecule has 1 aliphatic carbocycles. The molecule has 0 atom stereocenters. The van der Waals surface area contributed by atoms with E-state index in [0.717, 1.165) is 12.8 Å². The maximum atomic E-state index is 14.1. The number of halogens is 2. The molecule has 1 saturated carbocycles. The third-order valence-electron chi connectivity index (χ3n) is 3.53. The first-order valence-electron chi connectivity index (χ1n) is 6.60. The molecule has 0 amide bonds. The Labute approximate surface area is 115 Å². The fourth-order valence-corrected chi connectivity index (χ4v) is 3.31. The number of piperidine rings is 1. The summed E-state index contributed by atoms with van der Waals surface area (Å²) in [5.41, 5.74) is 1.03. The van der Waals surface area contributed by atoms with Gasteiger partial charge in [-0.15, -0.1) is 11.8 Å². The van der Waals surface area contributed by atoms with E-state index in [9.17, 15) is 8.78 Å². The molecule has 5 heteroatoms. The predicted octanol–water partition coefficient (Wildman–Crippen LogP) is 3.84. The van der Waals surface area contributed by atoms with Crippen molar-refractivity contribution in [3.8, 4) is 0 Å². The Bertz CT molecular complexity index is 504. The van der Waals surface area contributed by atoms with Crippen molar-refractivity contribution in [2.45, 2.75) is 35.8 Å². The molecule has 0 spiro atoms. The second-order valence-corrected chi connectivity index (χ2v) is 6.48. The molecule has 1 N–H and O–H groups in total. The number of anilines is 1. The van der Waals surface area contributed by atoms with Crippen LogP contribution in [0.4, 0.5) is 14.5 Å². The van der Waals surface area contributed by atoms with Crippen LogP contribution in [0.5, 0.6) is 0 Å². The van der Waals surface area contributed by atoms with Crippen molar-refractivity contribution < 1.29 is 8.78 Å². The van der Waals surface area contributed by atoms with Crippen molar-refractivity contribution in [2.75, 3.05) is 18.0 Å². The summed E-state index contributed by atoms with van der Waals surface area (Å²) in [4.78, 5) is 2.26. The van der Waals surface area contributed by atoms with E-state index in [2.05, 4.69) is 0 Å². The molecule has 2 aliphatic rings. The van der Waals surface area contributed by atoms with E-state index in [0.29, 0.717) is 47.5 Å². The molecule has 3 rings (SSSR count). The molecule has 0 unspecified atom stereocenters. The highest BCUT2D eigenvalue weighted by atomic mass is 32.2. The zero-order valence-electron chi connectivity index (χ0n) is 10.6. The first-order chi connectivity index (χ1) is 9.13. The van der Waals surface area contributed by atoms with Crippen molar-refractivity contribution in [3.05, 3.63) is 23.8 Å². The minimum Gasteiger partial charge on any atom is -0.368 e. The van der Waals surface area contributed by atoms with Crippen molar-refractivity contribution in [3.63, 3.8) is 0 Å². The molecule has 1 saturated heterocycles. The van der Waals surface area contributed by atoms with E-state index in [1.54, 1.807) is 0 Å². The largest absolute Gasteiger partial charge is 0.368 e. The summed E-state index contributed by atoms with van der Waals surface area (Å²) in [6.07, 6.45) is 3.47. The molecule has 1 heterocycles. The third-order valence-corrected chi connectivity index (χ3v) is 4.90. The van der Waals surface area contributed by atoms with Crippen molar-refractivity contribution in [1.29, 1.82) is 5.41 Å². The van der Waals surface area contributed by atoms with Crippen LogP contribution in [0.1, 0.15) is 25.7 Å². The summed E-state index contributed by atoms with van der Waals surface area (Å²) >= 11 is 1.44. The summed E-state index contributed by atoms with van der Waals surface area (Å²) in [6, 6.07) is 2.64. The topological polar surface area (TPSA) is 27.1 Å². The lowest BCUT2D eigenvalue weighted by Crippen LogP contribution is -2.34. The van der Waals surface area contributed by atoms with Gasteiger partial charge in [-0.2, -0.15) is 0 Å². The van der Waals surface area contributed by atoms with Gasteiger partial charge >= 0.3 is 0 Å². The lowest BCUT2D eigenvalue weighted by atomic mass is 10.1. The molecule has 1 aromatic carbocycles. The van der Waals surface area contributed by atoms with E-state index in [-0.39, 0.29) is 11.6 Å². The second-order valence-electron chi connectivity index (χ2n) is 5.14. The van der Waals surface area contributed by atoms with Gasteiger partial charge in [0, 0.05) is 47.9 Å². The van der Waals surface area contributed by atoms with Gasteiger partial charge in [0.25, 0.3) is 0 Å². The van der Waals surface area contributed by atoms with Crippen LogP contribution in [-0.4, -0.2) is 24.1 Å². The van der Waals surface area contributed by atoms with Gasteiger partial charge in [0.15, 0.2) is 0 Å². The molecule has 2 nitrogen and oxygen atoms in total. The Balaban J connectivity index is 1.81. The lowest BCUT2D eigenvalue weighted by Gasteiger charge is -2.29. The molecule has 1 aliphatic heterocycles. The molecule has 0 bridgehead atoms. The van der Waals surface area contributed by atoms with E-state index in [1.165, 1.54) is 23.9 Å². The van der Waals surface area contributed by atoms with Crippen molar-refractivity contribution in [1.82, 2.24) is 0 Å². The van der Waals surface area contributed by atoms with Crippen LogP contribution in [0.15, 0.2) is 17.0 Å². The van der Waals surface area contributed by atoms with Gasteiger partial charge < -0.3 is 10.3 Å². The van der Waals surface area contributed by atoms with Gasteiger partial charge in [-0.25, -0.2) is 8.78 Å². The van der Waals surface area contributed by atoms with Gasteiger partial charge in [0.2, 0.25) is 0 Å². The molecule has 0 radical (unpaired) electrons. The number of hydrogen-bond donors (Lipinski definition) is 1. The fraction of sp³-hybridized carbons (Fsp3) is 0.500. The fourth-order valence-electron chi connectivity index (χ4n) is 2.23. The highest BCUT2D eigenvalue weighted by molar-refractivity contribution is 8.00. The van der Waals surface area contributed by atoms with E-state index in [4.69, 9.17) is 5.41 Å². The standard InChI is InChI=1S/C14H16F2N2S/c15-11-8-14(19-10-1-2-10)12(16)7-13(11)18-5-3-9(17)4-6-18/h7-8,10,17H,1-6H2. The maximum Gasteiger partial charge on any atom is 0.147 e. The van der Waals surface area contributed by atoms with Crippen LogP contribution in [0, 0.1) is 17.0 Å². The average Bonchev–Trinajstić information content (AvgIpc) is 3.19. The highest BCUT2D eigenvalue weighted by Crippen LogP contribution is 2.41. The van der Waals surface area contributed by atoms with Gasteiger partial charge in [-0.1, -0.05) is 0 Å². The summed E-state index contributed by atoms with van der Waals surface area (Å²) in [5, 5.41) is 8.03. The number of thioether (sulfide) groups is 1. The van der Waals surface area contributed by atoms with Crippen LogP contribution in [0.2, 0.25) is 0 Å². The summed E-state index contributed by atoms with van der Waals surface area (Å²) < 4.78 is 28.1. The first-order valence-corrected chi connectivity index (χ1v) is 7.48. The van der Waals surface area contributed by atoms with Crippen molar-refractivity contribution in [2.24, 2.45) is 0 Å². The van der Waals surface area contributed by atoms with Crippen LogP contribution in [0.25, 0.3) is 0 Å². The number of hydrogen-bond acceptors (Lipinski definition) is 3. The zero-order valence-corrected chi connectivity index (χ0v) is 11.4. The minimum absolute atomic E-state index is 0.325. The van der Waals surface area contributed by atoms with Gasteiger partial charge in [-0.05, 0) is 18.9 Å². The minimum atomic E-state index is -0.349. The van der Waals surface area contributed by atoms with E-state index >= 15 is 0 Å². The molecule has 0 aromatic heterocycles. The van der Waals surface area contributed by atoms with E-state index < -0.39 is 0 Å². The summed E-state index contributed by atoms with van der Waals surface area (Å²) in [7, 11) is 0. The Hall–Kier alpha value is -1.10. The van der Waals surface area contributed by atoms with Crippen LogP contribution >= 0.6 is 11.8 Å². The first kappa shape index (κ1) is 12.9. The molecule has 19 heavy (non-hydrogen) atoms. The van der Waals surface area contributed by atoms with E-state index in [1.807, 2.05) is 4.90 Å². The average molecular weight is 282 g/mol. The Morgan fingerprint density at radius 2 is 1.79 bits per heavy atom. The number of rotatable bonds is 3. The van der Waals surface area contributed by atoms with Crippen LogP contribution in [0.3, 0.4) is 0 Å². The smallest absolute Gasteiger partial charge is 0.147 e. The van der Waals surface area contributed by atoms with Crippen molar-refractivity contribution >= 4 is 23.2 Å². The monoisotopic (exact) mass is 282 g/mol.